The lowest BCUT2D eigenvalue weighted by Crippen LogP contribution is -2.02. The zero-order valence-corrected chi connectivity index (χ0v) is 11.2. The molecule has 0 aromatic heterocycles. The highest BCUT2D eigenvalue weighted by molar-refractivity contribution is 6.34. The van der Waals surface area contributed by atoms with E-state index in [1.165, 1.54) is 5.56 Å². The normalized spacial score (nSPS) is 10.4. The van der Waals surface area contributed by atoms with Crippen LogP contribution in [0.4, 0.5) is 0 Å². The minimum atomic E-state index is 0.533. The van der Waals surface area contributed by atoms with Crippen LogP contribution >= 0.6 is 23.2 Å². The third-order valence-corrected chi connectivity index (χ3v) is 3.02. The van der Waals surface area contributed by atoms with Gasteiger partial charge in [0, 0.05) is 11.1 Å². The topological polar surface area (TPSA) is 35.2 Å². The highest BCUT2D eigenvalue weighted by Gasteiger charge is 2.04. The molecular formula is C14H13Cl2NO. The van der Waals surface area contributed by atoms with Crippen molar-refractivity contribution < 1.29 is 4.74 Å². The molecule has 0 unspecified atom stereocenters. The standard InChI is InChI=1S/C14H13Cl2NO/c15-11-3-6-13(16)14(9-11)18-12-4-1-10(2-5-12)7-8-17/h1-6,9H,7-8,17H2. The van der Waals surface area contributed by atoms with Crippen molar-refractivity contribution in [2.24, 2.45) is 5.73 Å². The number of ether oxygens (including phenoxy) is 1. The van der Waals surface area contributed by atoms with E-state index in [1.807, 2.05) is 24.3 Å². The first-order valence-corrected chi connectivity index (χ1v) is 6.36. The maximum absolute atomic E-state index is 6.03. The average Bonchev–Trinajstić information content (AvgIpc) is 2.37. The van der Waals surface area contributed by atoms with Gasteiger partial charge in [-0.3, -0.25) is 0 Å². The summed E-state index contributed by atoms with van der Waals surface area (Å²) in [5, 5.41) is 1.12. The molecule has 0 heterocycles. The maximum Gasteiger partial charge on any atom is 0.147 e. The molecule has 0 amide bonds. The van der Waals surface area contributed by atoms with Gasteiger partial charge in [0.1, 0.15) is 11.5 Å². The molecule has 94 valence electrons. The molecule has 2 N–H and O–H groups in total. The van der Waals surface area contributed by atoms with Gasteiger partial charge in [0.05, 0.1) is 5.02 Å². The van der Waals surface area contributed by atoms with E-state index in [1.54, 1.807) is 18.2 Å². The van der Waals surface area contributed by atoms with Crippen LogP contribution in [0.2, 0.25) is 10.0 Å². The summed E-state index contributed by atoms with van der Waals surface area (Å²) in [6.45, 7) is 0.639. The molecule has 0 atom stereocenters. The van der Waals surface area contributed by atoms with Gasteiger partial charge in [-0.25, -0.2) is 0 Å². The fourth-order valence-electron chi connectivity index (χ4n) is 1.57. The summed E-state index contributed by atoms with van der Waals surface area (Å²) in [6, 6.07) is 12.9. The molecule has 2 aromatic carbocycles. The van der Waals surface area contributed by atoms with Crippen molar-refractivity contribution in [3.63, 3.8) is 0 Å². The Bertz CT molecular complexity index is 526. The summed E-state index contributed by atoms with van der Waals surface area (Å²) in [7, 11) is 0. The molecule has 0 saturated heterocycles. The van der Waals surface area contributed by atoms with Gasteiger partial charge in [0.2, 0.25) is 0 Å². The summed E-state index contributed by atoms with van der Waals surface area (Å²) in [6.07, 6.45) is 0.859. The van der Waals surface area contributed by atoms with E-state index in [2.05, 4.69) is 0 Å². The third-order valence-electron chi connectivity index (χ3n) is 2.48. The molecule has 2 rings (SSSR count). The lowest BCUT2D eigenvalue weighted by Gasteiger charge is -2.08. The molecule has 18 heavy (non-hydrogen) atoms. The average molecular weight is 282 g/mol. The van der Waals surface area contributed by atoms with Crippen molar-refractivity contribution in [1.29, 1.82) is 0 Å². The van der Waals surface area contributed by atoms with Crippen LogP contribution < -0.4 is 10.5 Å². The highest BCUT2D eigenvalue weighted by atomic mass is 35.5. The summed E-state index contributed by atoms with van der Waals surface area (Å²) in [5.74, 6) is 1.27. The number of hydrogen-bond donors (Lipinski definition) is 1. The Morgan fingerprint density at radius 1 is 1.00 bits per heavy atom. The number of rotatable bonds is 4. The Morgan fingerprint density at radius 2 is 1.72 bits per heavy atom. The zero-order valence-electron chi connectivity index (χ0n) is 9.70. The van der Waals surface area contributed by atoms with Crippen LogP contribution in [-0.2, 0) is 6.42 Å². The van der Waals surface area contributed by atoms with Gasteiger partial charge in [-0.2, -0.15) is 0 Å². The largest absolute Gasteiger partial charge is 0.456 e. The molecule has 0 fully saturated rings. The van der Waals surface area contributed by atoms with Gasteiger partial charge in [-0.15, -0.1) is 0 Å². The van der Waals surface area contributed by atoms with E-state index < -0.39 is 0 Å². The molecule has 0 radical (unpaired) electrons. The molecule has 0 aliphatic rings. The van der Waals surface area contributed by atoms with Crippen molar-refractivity contribution in [2.75, 3.05) is 6.54 Å². The van der Waals surface area contributed by atoms with Crippen LogP contribution in [0, 0.1) is 0 Å². The lowest BCUT2D eigenvalue weighted by atomic mass is 10.1. The van der Waals surface area contributed by atoms with Gasteiger partial charge >= 0.3 is 0 Å². The van der Waals surface area contributed by atoms with Gasteiger partial charge < -0.3 is 10.5 Å². The first-order chi connectivity index (χ1) is 8.69. The van der Waals surface area contributed by atoms with Crippen LogP contribution in [0.25, 0.3) is 0 Å². The summed E-state index contributed by atoms with van der Waals surface area (Å²) in [5.41, 5.74) is 6.68. The maximum atomic E-state index is 6.03. The lowest BCUT2D eigenvalue weighted by molar-refractivity contribution is 0.483. The Labute approximate surface area is 116 Å². The molecule has 0 bridgehead atoms. The van der Waals surface area contributed by atoms with Crippen molar-refractivity contribution in [3.05, 3.63) is 58.1 Å². The van der Waals surface area contributed by atoms with Gasteiger partial charge in [-0.1, -0.05) is 35.3 Å². The van der Waals surface area contributed by atoms with E-state index in [4.69, 9.17) is 33.7 Å². The second-order valence-corrected chi connectivity index (χ2v) is 4.70. The second kappa shape index (κ2) is 6.10. The second-order valence-electron chi connectivity index (χ2n) is 3.86. The summed E-state index contributed by atoms with van der Waals surface area (Å²) in [4.78, 5) is 0. The minimum Gasteiger partial charge on any atom is -0.456 e. The van der Waals surface area contributed by atoms with Crippen LogP contribution in [0.1, 0.15) is 5.56 Å². The summed E-state index contributed by atoms with van der Waals surface area (Å²) < 4.78 is 5.68. The Morgan fingerprint density at radius 3 is 2.39 bits per heavy atom. The van der Waals surface area contributed by atoms with E-state index in [0.717, 1.165) is 12.2 Å². The SMILES string of the molecule is NCCc1ccc(Oc2cc(Cl)ccc2Cl)cc1. The van der Waals surface area contributed by atoms with Crippen molar-refractivity contribution in [3.8, 4) is 11.5 Å². The molecular weight excluding hydrogens is 269 g/mol. The van der Waals surface area contributed by atoms with Crippen molar-refractivity contribution in [2.45, 2.75) is 6.42 Å². The smallest absolute Gasteiger partial charge is 0.147 e. The first-order valence-electron chi connectivity index (χ1n) is 5.61. The highest BCUT2D eigenvalue weighted by Crippen LogP contribution is 2.31. The van der Waals surface area contributed by atoms with Crippen molar-refractivity contribution >= 4 is 23.2 Å². The van der Waals surface area contributed by atoms with Gasteiger partial charge in [0.15, 0.2) is 0 Å². The number of benzene rings is 2. The fourth-order valence-corrected chi connectivity index (χ4v) is 1.89. The Balaban J connectivity index is 2.15. The molecule has 4 heteroatoms. The molecule has 2 aromatic rings. The van der Waals surface area contributed by atoms with Crippen LogP contribution in [-0.4, -0.2) is 6.54 Å². The molecule has 0 aliphatic carbocycles. The molecule has 0 aliphatic heterocycles. The van der Waals surface area contributed by atoms with Crippen LogP contribution in [0.3, 0.4) is 0 Å². The Hall–Kier alpha value is -1.22. The number of hydrogen-bond acceptors (Lipinski definition) is 2. The van der Waals surface area contributed by atoms with Gasteiger partial charge in [0.25, 0.3) is 0 Å². The minimum absolute atomic E-state index is 0.533. The molecule has 0 saturated carbocycles. The van der Waals surface area contributed by atoms with E-state index in [0.29, 0.717) is 22.3 Å². The Kier molecular flexibility index (Phi) is 4.48. The van der Waals surface area contributed by atoms with E-state index in [-0.39, 0.29) is 0 Å². The van der Waals surface area contributed by atoms with Crippen molar-refractivity contribution in [1.82, 2.24) is 0 Å². The fraction of sp³-hybridized carbons (Fsp3) is 0.143. The van der Waals surface area contributed by atoms with Gasteiger partial charge in [-0.05, 0) is 42.8 Å². The quantitative estimate of drug-likeness (QED) is 0.908. The monoisotopic (exact) mass is 281 g/mol. The predicted molar refractivity (Wildman–Crippen MR) is 75.7 cm³/mol. The van der Waals surface area contributed by atoms with E-state index >= 15 is 0 Å². The number of halogens is 2. The molecule has 0 spiro atoms. The summed E-state index contributed by atoms with van der Waals surface area (Å²) >= 11 is 11.9. The first kappa shape index (κ1) is 13.2. The zero-order chi connectivity index (χ0) is 13.0. The third kappa shape index (κ3) is 3.39. The van der Waals surface area contributed by atoms with Crippen LogP contribution in [0.5, 0.6) is 11.5 Å². The van der Waals surface area contributed by atoms with E-state index in [9.17, 15) is 0 Å². The molecule has 2 nitrogen and oxygen atoms in total. The predicted octanol–water partition coefficient (Wildman–Crippen LogP) is 4.29. The number of nitrogens with two attached hydrogens (primary N) is 1. The van der Waals surface area contributed by atoms with Crippen LogP contribution in [0.15, 0.2) is 42.5 Å².